The van der Waals surface area contributed by atoms with Gasteiger partial charge in [-0.3, -0.25) is 9.59 Å². The van der Waals surface area contributed by atoms with E-state index < -0.39 is 17.7 Å². The molecule has 1 saturated heterocycles. The third-order valence-electron chi connectivity index (χ3n) is 5.26. The molecule has 156 valence electrons. The molecule has 1 atom stereocenters. The van der Waals surface area contributed by atoms with E-state index in [1.165, 1.54) is 4.90 Å². The summed E-state index contributed by atoms with van der Waals surface area (Å²) < 4.78 is 5.28. The van der Waals surface area contributed by atoms with Crippen LogP contribution in [0.3, 0.4) is 0 Å². The van der Waals surface area contributed by atoms with Gasteiger partial charge in [0.05, 0.1) is 18.7 Å². The van der Waals surface area contributed by atoms with E-state index in [2.05, 4.69) is 0 Å². The second-order valence-electron chi connectivity index (χ2n) is 7.20. The Balaban J connectivity index is 1.83. The molecule has 0 saturated carbocycles. The van der Waals surface area contributed by atoms with Crippen molar-refractivity contribution in [1.29, 1.82) is 0 Å². The van der Waals surface area contributed by atoms with Gasteiger partial charge in [-0.05, 0) is 47.5 Å². The van der Waals surface area contributed by atoms with E-state index in [-0.39, 0.29) is 17.9 Å². The Labute approximate surface area is 185 Å². The van der Waals surface area contributed by atoms with E-state index in [1.54, 1.807) is 31.4 Å². The first-order valence-electron chi connectivity index (χ1n) is 9.72. The van der Waals surface area contributed by atoms with E-state index in [9.17, 15) is 14.7 Å². The second kappa shape index (κ2) is 8.66. The lowest BCUT2D eigenvalue weighted by atomic mass is 9.95. The number of Topliss-reactive ketones (excluding diaryl/α,β-unsaturated/α-hetero) is 1. The Morgan fingerprint density at radius 2 is 1.71 bits per heavy atom. The van der Waals surface area contributed by atoms with Gasteiger partial charge < -0.3 is 14.7 Å². The van der Waals surface area contributed by atoms with Crippen LogP contribution in [0.4, 0.5) is 0 Å². The number of aliphatic hydroxyl groups is 1. The van der Waals surface area contributed by atoms with Gasteiger partial charge in [-0.25, -0.2) is 0 Å². The molecule has 0 spiro atoms. The van der Waals surface area contributed by atoms with Gasteiger partial charge in [0.15, 0.2) is 0 Å². The van der Waals surface area contributed by atoms with Gasteiger partial charge in [0, 0.05) is 17.1 Å². The molecule has 1 unspecified atom stereocenters. The second-order valence-corrected chi connectivity index (χ2v) is 7.63. The summed E-state index contributed by atoms with van der Waals surface area (Å²) in [5.74, 6) is -0.945. The van der Waals surface area contributed by atoms with Crippen LogP contribution < -0.4 is 4.74 Å². The molecule has 4 rings (SSSR count). The van der Waals surface area contributed by atoms with Crippen LogP contribution in [0.15, 0.2) is 84.4 Å². The van der Waals surface area contributed by atoms with Crippen molar-refractivity contribution < 1.29 is 19.4 Å². The average Bonchev–Trinajstić information content (AvgIpc) is 3.04. The summed E-state index contributed by atoms with van der Waals surface area (Å²) in [4.78, 5) is 27.5. The van der Waals surface area contributed by atoms with E-state index in [0.29, 0.717) is 16.3 Å². The molecule has 1 N–H and O–H groups in total. The van der Waals surface area contributed by atoms with Gasteiger partial charge in [0.25, 0.3) is 11.7 Å². The standard InChI is InChI=1S/C25H20ClNO4/c1-31-20-9-5-6-16(14-20)15-27-22(17-7-3-2-4-8-17)21(24(29)25(27)30)23(28)18-10-12-19(26)13-11-18/h2-14,22,28H,15H2,1H3/b23-21-. The molecule has 0 aromatic heterocycles. The van der Waals surface area contributed by atoms with Crippen molar-refractivity contribution in [3.63, 3.8) is 0 Å². The fourth-order valence-electron chi connectivity index (χ4n) is 3.76. The first-order chi connectivity index (χ1) is 15.0. The van der Waals surface area contributed by atoms with Gasteiger partial charge in [0.1, 0.15) is 11.5 Å². The largest absolute Gasteiger partial charge is 0.507 e. The lowest BCUT2D eigenvalue weighted by molar-refractivity contribution is -0.140. The number of benzene rings is 3. The van der Waals surface area contributed by atoms with Crippen LogP contribution in [0, 0.1) is 0 Å². The van der Waals surface area contributed by atoms with Crippen molar-refractivity contribution >= 4 is 29.1 Å². The molecule has 0 radical (unpaired) electrons. The lowest BCUT2D eigenvalue weighted by Gasteiger charge is -2.25. The molecule has 1 heterocycles. The Bertz CT molecular complexity index is 1160. The van der Waals surface area contributed by atoms with Crippen molar-refractivity contribution in [3.8, 4) is 5.75 Å². The van der Waals surface area contributed by atoms with Crippen LogP contribution >= 0.6 is 11.6 Å². The molecule has 3 aromatic rings. The normalized spacial score (nSPS) is 17.7. The summed E-state index contributed by atoms with van der Waals surface area (Å²) in [5.41, 5.74) is 2.03. The number of carbonyl (C=O) groups is 2. The van der Waals surface area contributed by atoms with Crippen molar-refractivity contribution in [2.45, 2.75) is 12.6 Å². The van der Waals surface area contributed by atoms with Crippen LogP contribution in [0.5, 0.6) is 5.75 Å². The zero-order chi connectivity index (χ0) is 22.0. The Hall–Kier alpha value is -3.57. The molecule has 5 nitrogen and oxygen atoms in total. The molecule has 1 aliphatic heterocycles. The number of likely N-dealkylation sites (tertiary alicyclic amines) is 1. The van der Waals surface area contributed by atoms with E-state index in [1.807, 2.05) is 54.6 Å². The highest BCUT2D eigenvalue weighted by Gasteiger charge is 2.46. The predicted molar refractivity (Wildman–Crippen MR) is 119 cm³/mol. The number of carbonyl (C=O) groups excluding carboxylic acids is 2. The Morgan fingerprint density at radius 1 is 1.00 bits per heavy atom. The quantitative estimate of drug-likeness (QED) is 0.350. The number of ether oxygens (including phenoxy) is 1. The summed E-state index contributed by atoms with van der Waals surface area (Å²) >= 11 is 5.95. The molecule has 1 aliphatic rings. The number of nitrogens with zero attached hydrogens (tertiary/aromatic N) is 1. The summed E-state index contributed by atoms with van der Waals surface area (Å²) in [5, 5.41) is 11.5. The number of rotatable bonds is 5. The van der Waals surface area contributed by atoms with Crippen LogP contribution in [0.1, 0.15) is 22.7 Å². The summed E-state index contributed by atoms with van der Waals surface area (Å²) in [6.45, 7) is 0.193. The van der Waals surface area contributed by atoms with Crippen molar-refractivity contribution in [3.05, 3.63) is 106 Å². The van der Waals surface area contributed by atoms with Crippen LogP contribution in [-0.4, -0.2) is 28.8 Å². The Kier molecular flexibility index (Phi) is 5.78. The monoisotopic (exact) mass is 433 g/mol. The minimum absolute atomic E-state index is 0.0569. The van der Waals surface area contributed by atoms with Crippen LogP contribution in [0.25, 0.3) is 5.76 Å². The predicted octanol–water partition coefficient (Wildman–Crippen LogP) is 4.97. The highest BCUT2D eigenvalue weighted by atomic mass is 35.5. The van der Waals surface area contributed by atoms with Crippen LogP contribution in [0.2, 0.25) is 5.02 Å². The minimum Gasteiger partial charge on any atom is -0.507 e. The smallest absolute Gasteiger partial charge is 0.295 e. The van der Waals surface area contributed by atoms with Crippen molar-refractivity contribution in [1.82, 2.24) is 4.90 Å². The minimum atomic E-state index is -0.719. The van der Waals surface area contributed by atoms with Crippen molar-refractivity contribution in [2.75, 3.05) is 7.11 Å². The number of ketones is 1. The molecular formula is C25H20ClNO4. The van der Waals surface area contributed by atoms with Gasteiger partial charge in [-0.1, -0.05) is 54.1 Å². The third-order valence-corrected chi connectivity index (χ3v) is 5.51. The summed E-state index contributed by atoms with van der Waals surface area (Å²) in [6.07, 6.45) is 0. The highest BCUT2D eigenvalue weighted by Crippen LogP contribution is 2.40. The maximum Gasteiger partial charge on any atom is 0.295 e. The SMILES string of the molecule is COc1cccc(CN2C(=O)C(=O)/C(=C(\O)c3ccc(Cl)cc3)C2c2ccccc2)c1. The van der Waals surface area contributed by atoms with E-state index in [4.69, 9.17) is 16.3 Å². The zero-order valence-electron chi connectivity index (χ0n) is 16.8. The van der Waals surface area contributed by atoms with E-state index in [0.717, 1.165) is 11.1 Å². The maximum atomic E-state index is 13.0. The molecular weight excluding hydrogens is 414 g/mol. The molecule has 6 heteroatoms. The molecule has 1 fully saturated rings. The molecule has 31 heavy (non-hydrogen) atoms. The first kappa shape index (κ1) is 20.7. The fraction of sp³-hybridized carbons (Fsp3) is 0.120. The van der Waals surface area contributed by atoms with E-state index >= 15 is 0 Å². The average molecular weight is 434 g/mol. The summed E-state index contributed by atoms with van der Waals surface area (Å²) in [7, 11) is 1.57. The number of amides is 1. The number of hydrogen-bond acceptors (Lipinski definition) is 4. The molecule has 1 amide bonds. The third kappa shape index (κ3) is 4.05. The highest BCUT2D eigenvalue weighted by molar-refractivity contribution is 6.46. The van der Waals surface area contributed by atoms with Gasteiger partial charge >= 0.3 is 0 Å². The Morgan fingerprint density at radius 3 is 2.39 bits per heavy atom. The number of aliphatic hydroxyl groups excluding tert-OH is 1. The number of hydrogen-bond donors (Lipinski definition) is 1. The van der Waals surface area contributed by atoms with Gasteiger partial charge in [-0.15, -0.1) is 0 Å². The molecule has 0 aliphatic carbocycles. The number of methoxy groups -OCH3 is 1. The summed E-state index contributed by atoms with van der Waals surface area (Å²) in [6, 6.07) is 22.3. The van der Waals surface area contributed by atoms with Crippen LogP contribution in [-0.2, 0) is 16.1 Å². The van der Waals surface area contributed by atoms with Gasteiger partial charge in [-0.2, -0.15) is 0 Å². The topological polar surface area (TPSA) is 66.8 Å². The molecule has 0 bridgehead atoms. The molecule has 3 aromatic carbocycles. The first-order valence-corrected chi connectivity index (χ1v) is 10.1. The van der Waals surface area contributed by atoms with Gasteiger partial charge in [0.2, 0.25) is 0 Å². The fourth-order valence-corrected chi connectivity index (χ4v) is 3.88. The maximum absolute atomic E-state index is 13.0. The lowest BCUT2D eigenvalue weighted by Crippen LogP contribution is -2.29. The number of halogens is 1. The zero-order valence-corrected chi connectivity index (χ0v) is 17.5. The van der Waals surface area contributed by atoms with Crippen molar-refractivity contribution in [2.24, 2.45) is 0 Å².